The van der Waals surface area contributed by atoms with Gasteiger partial charge in [0.1, 0.15) is 83.3 Å². The second kappa shape index (κ2) is 10.6. The second-order valence-corrected chi connectivity index (χ2v) is 9.80. The molecule has 2 fully saturated rings. The smallest absolute Gasteiger partial charge is 0.197 e. The van der Waals surface area contributed by atoms with E-state index in [9.17, 15) is 55.9 Å². The van der Waals surface area contributed by atoms with E-state index in [-0.39, 0.29) is 11.5 Å². The first-order chi connectivity index (χ1) is 19.0. The van der Waals surface area contributed by atoms with Crippen molar-refractivity contribution in [3.63, 3.8) is 0 Å². The van der Waals surface area contributed by atoms with Crippen LogP contribution in [0, 0.1) is 0 Å². The highest BCUT2D eigenvalue weighted by Gasteiger charge is 2.48. The number of aliphatic hydroxyl groups is 7. The zero-order valence-electron chi connectivity index (χ0n) is 20.6. The Hall–Kier alpha value is -3.31. The van der Waals surface area contributed by atoms with E-state index in [1.807, 2.05) is 0 Å². The SMILES string of the molecule is O=c1cc(-c2ccc(O)cc2)oc2c([C@@H]3O[C@@H](CO)[C@@H](O)[C@H](O)[C@H]3O)c(O)c([C@@H]3OC[C@@H](O)[C@H](O)[C@H]3O)c(O)c12. The summed E-state index contributed by atoms with van der Waals surface area (Å²) in [6, 6.07) is 6.47. The summed E-state index contributed by atoms with van der Waals surface area (Å²) in [6.45, 7) is -1.34. The molecule has 0 bridgehead atoms. The van der Waals surface area contributed by atoms with Gasteiger partial charge in [-0.05, 0) is 24.3 Å². The molecule has 2 saturated heterocycles. The number of phenols is 3. The summed E-state index contributed by atoms with van der Waals surface area (Å²) in [5.41, 5.74) is -2.19. The predicted octanol–water partition coefficient (Wildman–Crippen LogP) is -1.75. The first-order valence-electron chi connectivity index (χ1n) is 12.3. The summed E-state index contributed by atoms with van der Waals surface area (Å²) < 4.78 is 16.9. The number of aromatic hydroxyl groups is 3. The van der Waals surface area contributed by atoms with Gasteiger partial charge in [0.05, 0.1) is 24.3 Å². The lowest BCUT2D eigenvalue weighted by molar-refractivity contribution is -0.231. The van der Waals surface area contributed by atoms with Crippen molar-refractivity contribution in [3.05, 3.63) is 51.7 Å². The average Bonchev–Trinajstić information content (AvgIpc) is 2.92. The van der Waals surface area contributed by atoms with E-state index in [4.69, 9.17) is 13.9 Å². The van der Waals surface area contributed by atoms with E-state index in [0.29, 0.717) is 5.56 Å². The van der Waals surface area contributed by atoms with Crippen molar-refractivity contribution in [2.45, 2.75) is 54.9 Å². The molecule has 0 radical (unpaired) electrons. The second-order valence-electron chi connectivity index (χ2n) is 9.80. The minimum absolute atomic E-state index is 0.0767. The van der Waals surface area contributed by atoms with Crippen molar-refractivity contribution in [2.75, 3.05) is 13.2 Å². The van der Waals surface area contributed by atoms with Crippen molar-refractivity contribution in [1.29, 1.82) is 0 Å². The van der Waals surface area contributed by atoms with Crippen LogP contribution < -0.4 is 5.43 Å². The normalized spacial score (nSPS) is 32.8. The zero-order valence-corrected chi connectivity index (χ0v) is 20.6. The van der Waals surface area contributed by atoms with E-state index in [0.717, 1.165) is 6.07 Å². The van der Waals surface area contributed by atoms with Gasteiger partial charge < -0.3 is 65.0 Å². The quantitative estimate of drug-likeness (QED) is 0.169. The Labute approximate surface area is 224 Å². The first-order valence-corrected chi connectivity index (χ1v) is 12.3. The summed E-state index contributed by atoms with van der Waals surface area (Å²) in [4.78, 5) is 13.4. The third-order valence-corrected chi connectivity index (χ3v) is 7.31. The number of hydrogen-bond donors (Lipinski definition) is 10. The maximum Gasteiger partial charge on any atom is 0.197 e. The summed E-state index contributed by atoms with van der Waals surface area (Å²) in [7, 11) is 0. The van der Waals surface area contributed by atoms with E-state index >= 15 is 0 Å². The molecule has 0 amide bonds. The third kappa shape index (κ3) is 4.49. The lowest BCUT2D eigenvalue weighted by atomic mass is 9.85. The molecule has 14 heteroatoms. The summed E-state index contributed by atoms with van der Waals surface area (Å²) in [6.07, 6.45) is -15.7. The number of fused-ring (bicyclic) bond motifs is 1. The highest BCUT2D eigenvalue weighted by Crippen LogP contribution is 2.50. The minimum atomic E-state index is -1.96. The van der Waals surface area contributed by atoms with Gasteiger partial charge in [0.2, 0.25) is 0 Å². The predicted molar refractivity (Wildman–Crippen MR) is 132 cm³/mol. The molecular weight excluding hydrogens is 536 g/mol. The molecule has 3 aromatic rings. The Morgan fingerprint density at radius 1 is 0.775 bits per heavy atom. The fourth-order valence-corrected chi connectivity index (χ4v) is 5.11. The van der Waals surface area contributed by atoms with Crippen LogP contribution >= 0.6 is 0 Å². The van der Waals surface area contributed by atoms with Crippen LogP contribution in [0.2, 0.25) is 0 Å². The molecule has 5 rings (SSSR count). The van der Waals surface area contributed by atoms with Crippen molar-refractivity contribution < 1.29 is 65.0 Å². The molecule has 1 aromatic heterocycles. The number of rotatable bonds is 4. The molecule has 3 heterocycles. The molecule has 9 atom stereocenters. The molecule has 2 aliphatic heterocycles. The Morgan fingerprint density at radius 3 is 2.08 bits per heavy atom. The highest BCUT2D eigenvalue weighted by atomic mass is 16.5. The van der Waals surface area contributed by atoms with Gasteiger partial charge in [0.25, 0.3) is 0 Å². The molecule has 2 aliphatic rings. The van der Waals surface area contributed by atoms with E-state index in [1.54, 1.807) is 0 Å². The van der Waals surface area contributed by atoms with Crippen molar-refractivity contribution >= 4 is 11.0 Å². The Kier molecular flexibility index (Phi) is 7.47. The highest BCUT2D eigenvalue weighted by molar-refractivity contribution is 5.92. The molecule has 0 unspecified atom stereocenters. The summed E-state index contributed by atoms with van der Waals surface area (Å²) >= 11 is 0. The Bertz CT molecular complexity index is 1450. The van der Waals surface area contributed by atoms with Gasteiger partial charge in [-0.15, -0.1) is 0 Å². The average molecular weight is 564 g/mol. The number of benzene rings is 2. The molecule has 2 aromatic carbocycles. The Balaban J connectivity index is 1.81. The van der Waals surface area contributed by atoms with Crippen LogP contribution in [0.4, 0.5) is 0 Å². The van der Waals surface area contributed by atoms with Crippen molar-refractivity contribution in [2.24, 2.45) is 0 Å². The van der Waals surface area contributed by atoms with Gasteiger partial charge in [0.15, 0.2) is 11.0 Å². The van der Waals surface area contributed by atoms with Crippen LogP contribution in [-0.2, 0) is 9.47 Å². The van der Waals surface area contributed by atoms with E-state index < -0.39 is 107 Å². The number of aliphatic hydroxyl groups excluding tert-OH is 7. The van der Waals surface area contributed by atoms with Gasteiger partial charge in [-0.1, -0.05) is 0 Å². The van der Waals surface area contributed by atoms with E-state index in [1.165, 1.54) is 24.3 Å². The number of hydrogen-bond acceptors (Lipinski definition) is 14. The summed E-state index contributed by atoms with van der Waals surface area (Å²) in [5, 5.41) is 104. The monoisotopic (exact) mass is 564 g/mol. The van der Waals surface area contributed by atoms with Gasteiger partial charge in [-0.3, -0.25) is 4.79 Å². The van der Waals surface area contributed by atoms with Gasteiger partial charge in [-0.25, -0.2) is 0 Å². The molecule has 14 nitrogen and oxygen atoms in total. The molecule has 0 aliphatic carbocycles. The van der Waals surface area contributed by atoms with Crippen molar-refractivity contribution in [3.8, 4) is 28.6 Å². The lowest BCUT2D eigenvalue weighted by Gasteiger charge is -2.41. The zero-order chi connectivity index (χ0) is 29.0. The molecule has 216 valence electrons. The van der Waals surface area contributed by atoms with Gasteiger partial charge >= 0.3 is 0 Å². The van der Waals surface area contributed by atoms with Crippen molar-refractivity contribution in [1.82, 2.24) is 0 Å². The molecule has 0 spiro atoms. The van der Waals surface area contributed by atoms with Crippen LogP contribution in [0.15, 0.2) is 39.5 Å². The maximum absolute atomic E-state index is 13.4. The molecule has 10 N–H and O–H groups in total. The number of phenolic OH excluding ortho intramolecular Hbond substituents is 3. The van der Waals surface area contributed by atoms with Crippen LogP contribution in [-0.4, -0.2) is 107 Å². The largest absolute Gasteiger partial charge is 0.508 e. The lowest BCUT2D eigenvalue weighted by Crippen LogP contribution is -2.55. The van der Waals surface area contributed by atoms with Crippen LogP contribution in [0.25, 0.3) is 22.3 Å². The minimum Gasteiger partial charge on any atom is -0.508 e. The standard InChI is InChI=1S/C26H28O14/c27-6-13-18(32)21(35)23(37)26(40-13)16-20(34)15(25-22(36)17(31)11(30)7-38-25)19(33)14-10(29)5-12(39-24(14)16)8-1-3-9(28)4-2-8/h1-5,11,13,17-18,21-23,25-28,30-37H,6-7H2/t11-,13+,17+,18-,21+,22-,23-,25+,26+/m1/s1. The van der Waals surface area contributed by atoms with Crippen LogP contribution in [0.1, 0.15) is 23.3 Å². The molecule has 40 heavy (non-hydrogen) atoms. The van der Waals surface area contributed by atoms with Crippen LogP contribution in [0.5, 0.6) is 17.2 Å². The maximum atomic E-state index is 13.4. The molecule has 0 saturated carbocycles. The third-order valence-electron chi connectivity index (χ3n) is 7.31. The van der Waals surface area contributed by atoms with Gasteiger partial charge in [0, 0.05) is 11.6 Å². The van der Waals surface area contributed by atoms with Crippen LogP contribution in [0.3, 0.4) is 0 Å². The van der Waals surface area contributed by atoms with E-state index in [2.05, 4.69) is 0 Å². The number of ether oxygens (including phenoxy) is 2. The first kappa shape index (κ1) is 28.2. The fourth-order valence-electron chi connectivity index (χ4n) is 5.11. The Morgan fingerprint density at radius 2 is 1.43 bits per heavy atom. The van der Waals surface area contributed by atoms with Gasteiger partial charge in [-0.2, -0.15) is 0 Å². The fraction of sp³-hybridized carbons (Fsp3) is 0.423. The molecular formula is C26H28O14. The summed E-state index contributed by atoms with van der Waals surface area (Å²) in [5.74, 6) is -2.00. The topological polar surface area (TPSA) is 251 Å².